The van der Waals surface area contributed by atoms with Gasteiger partial charge in [-0.15, -0.1) is 0 Å². The number of benzene rings is 2. The molecule has 36 heavy (non-hydrogen) atoms. The molecule has 1 aliphatic heterocycles. The Bertz CT molecular complexity index is 1300. The largest absolute Gasteiger partial charge is 0.490 e. The number of hydrogen-bond donors (Lipinski definition) is 0. The minimum absolute atomic E-state index is 0.123. The van der Waals surface area contributed by atoms with Crippen LogP contribution in [-0.2, 0) is 0 Å². The summed E-state index contributed by atoms with van der Waals surface area (Å²) < 4.78 is 18.0. The maximum absolute atomic E-state index is 13.8. The molecule has 3 aromatic rings. The summed E-state index contributed by atoms with van der Waals surface area (Å²) in [5, 5.41) is 0.488. The van der Waals surface area contributed by atoms with Crippen molar-refractivity contribution in [3.8, 4) is 11.5 Å². The molecule has 1 atom stereocenters. The number of likely N-dealkylation sites (N-methyl/N-ethyl adjacent to an activating group) is 1. The maximum atomic E-state index is 13.8. The molecule has 2 aromatic carbocycles. The van der Waals surface area contributed by atoms with E-state index in [1.54, 1.807) is 11.0 Å². The number of ether oxygens (including phenoxy) is 2. The molecule has 1 aliphatic rings. The lowest BCUT2D eigenvalue weighted by molar-refractivity contribution is 0.0716. The van der Waals surface area contributed by atoms with E-state index in [1.165, 1.54) is 0 Å². The molecule has 0 fully saturated rings. The van der Waals surface area contributed by atoms with E-state index >= 15 is 0 Å². The smallest absolute Gasteiger partial charge is 0.290 e. The standard InChI is InChI=1S/C29H36N2O5/c1-6-8-9-16-35-23-13-11-20(18-24(23)34-7-2)26-25-27(32)21-17-19(3)10-12-22(21)36-28(25)29(33)31(26)15-14-30(4)5/h10-13,17-18,26H,6-9,14-16H2,1-5H3. The van der Waals surface area contributed by atoms with Gasteiger partial charge in [0, 0.05) is 13.1 Å². The number of carbonyl (C=O) groups excluding carboxylic acids is 1. The monoisotopic (exact) mass is 492 g/mol. The van der Waals surface area contributed by atoms with Crippen molar-refractivity contribution in [3.05, 3.63) is 69.1 Å². The average Bonchev–Trinajstić information content (AvgIpc) is 3.13. The van der Waals surface area contributed by atoms with Crippen LogP contribution in [0.5, 0.6) is 11.5 Å². The van der Waals surface area contributed by atoms with Crippen LogP contribution in [0.3, 0.4) is 0 Å². The van der Waals surface area contributed by atoms with Crippen molar-refractivity contribution in [3.63, 3.8) is 0 Å². The van der Waals surface area contributed by atoms with Crippen molar-refractivity contribution in [1.29, 1.82) is 0 Å². The molecule has 7 nitrogen and oxygen atoms in total. The van der Waals surface area contributed by atoms with E-state index < -0.39 is 6.04 Å². The molecule has 0 saturated carbocycles. The highest BCUT2D eigenvalue weighted by atomic mass is 16.5. The van der Waals surface area contributed by atoms with Gasteiger partial charge in [0.15, 0.2) is 16.9 Å². The molecule has 0 radical (unpaired) electrons. The van der Waals surface area contributed by atoms with Crippen LogP contribution in [0, 0.1) is 6.92 Å². The maximum Gasteiger partial charge on any atom is 0.290 e. The minimum Gasteiger partial charge on any atom is -0.490 e. The lowest BCUT2D eigenvalue weighted by Crippen LogP contribution is -2.35. The fourth-order valence-electron chi connectivity index (χ4n) is 4.64. The number of hydrogen-bond acceptors (Lipinski definition) is 6. The van der Waals surface area contributed by atoms with Gasteiger partial charge < -0.3 is 23.7 Å². The highest BCUT2D eigenvalue weighted by molar-refractivity contribution is 5.99. The van der Waals surface area contributed by atoms with Gasteiger partial charge in [0.05, 0.1) is 30.2 Å². The molecule has 0 N–H and O–H groups in total. The van der Waals surface area contributed by atoms with E-state index in [4.69, 9.17) is 13.9 Å². The van der Waals surface area contributed by atoms with Crippen molar-refractivity contribution in [2.24, 2.45) is 0 Å². The van der Waals surface area contributed by atoms with Gasteiger partial charge in [-0.1, -0.05) is 37.5 Å². The second kappa shape index (κ2) is 11.2. The normalized spacial score (nSPS) is 15.1. The topological polar surface area (TPSA) is 72.2 Å². The van der Waals surface area contributed by atoms with Gasteiger partial charge in [-0.2, -0.15) is 0 Å². The lowest BCUT2D eigenvalue weighted by atomic mass is 9.97. The van der Waals surface area contributed by atoms with Crippen LogP contribution in [-0.4, -0.2) is 56.1 Å². The number of fused-ring (bicyclic) bond motifs is 2. The Morgan fingerprint density at radius 1 is 1.00 bits per heavy atom. The van der Waals surface area contributed by atoms with Crippen LogP contribution in [0.1, 0.15) is 66.4 Å². The van der Waals surface area contributed by atoms with Crippen molar-refractivity contribution in [1.82, 2.24) is 9.80 Å². The summed E-state index contributed by atoms with van der Waals surface area (Å²) in [6, 6.07) is 10.6. The number of carbonyl (C=O) groups is 1. The Morgan fingerprint density at radius 2 is 1.81 bits per heavy atom. The number of aryl methyl sites for hydroxylation is 1. The van der Waals surface area contributed by atoms with Crippen LogP contribution in [0.25, 0.3) is 11.0 Å². The van der Waals surface area contributed by atoms with E-state index in [-0.39, 0.29) is 17.1 Å². The third-order valence-corrected chi connectivity index (χ3v) is 6.50. The number of nitrogens with zero attached hydrogens (tertiary/aromatic N) is 2. The van der Waals surface area contributed by atoms with Crippen molar-refractivity contribution in [2.75, 3.05) is 40.4 Å². The summed E-state index contributed by atoms with van der Waals surface area (Å²) >= 11 is 0. The molecule has 0 spiro atoms. The zero-order valence-corrected chi connectivity index (χ0v) is 21.9. The highest BCUT2D eigenvalue weighted by Gasteiger charge is 2.42. The van der Waals surface area contributed by atoms with Crippen LogP contribution < -0.4 is 14.9 Å². The minimum atomic E-state index is -0.568. The van der Waals surface area contributed by atoms with E-state index in [2.05, 4.69) is 6.92 Å². The highest BCUT2D eigenvalue weighted by Crippen LogP contribution is 2.41. The van der Waals surface area contributed by atoms with Gasteiger partial charge in [-0.25, -0.2) is 0 Å². The fraction of sp³-hybridized carbons (Fsp3) is 0.448. The molecule has 0 bridgehead atoms. The van der Waals surface area contributed by atoms with E-state index in [1.807, 2.05) is 63.2 Å². The third kappa shape index (κ3) is 5.12. The first kappa shape index (κ1) is 25.8. The Morgan fingerprint density at radius 3 is 2.53 bits per heavy atom. The van der Waals surface area contributed by atoms with E-state index in [9.17, 15) is 9.59 Å². The molecule has 192 valence electrons. The van der Waals surface area contributed by atoms with Crippen LogP contribution >= 0.6 is 0 Å². The molecular formula is C29H36N2O5. The summed E-state index contributed by atoms with van der Waals surface area (Å²) in [4.78, 5) is 31.1. The summed E-state index contributed by atoms with van der Waals surface area (Å²) in [5.74, 6) is 1.13. The first-order chi connectivity index (χ1) is 17.3. The second-order valence-electron chi connectivity index (χ2n) is 9.57. The van der Waals surface area contributed by atoms with Crippen molar-refractivity contribution >= 4 is 16.9 Å². The Kier molecular flexibility index (Phi) is 7.99. The molecule has 0 aliphatic carbocycles. The summed E-state index contributed by atoms with van der Waals surface area (Å²) in [5.41, 5.74) is 2.40. The molecule has 1 aromatic heterocycles. The molecule has 4 rings (SSSR count). The first-order valence-corrected chi connectivity index (χ1v) is 12.8. The summed E-state index contributed by atoms with van der Waals surface area (Å²) in [7, 11) is 3.92. The molecule has 1 amide bonds. The van der Waals surface area contributed by atoms with Gasteiger partial charge in [-0.3, -0.25) is 9.59 Å². The Labute approximate surface area is 212 Å². The SMILES string of the molecule is CCCCCOc1ccc(C2c3c(oc4ccc(C)cc4c3=O)C(=O)N2CCN(C)C)cc1OCC. The fourth-order valence-corrected chi connectivity index (χ4v) is 4.64. The van der Waals surface area contributed by atoms with Crippen molar-refractivity contribution < 1.29 is 18.7 Å². The molecule has 1 unspecified atom stereocenters. The molecular weight excluding hydrogens is 456 g/mol. The number of rotatable bonds is 11. The summed E-state index contributed by atoms with van der Waals surface area (Å²) in [6.07, 6.45) is 3.20. The van der Waals surface area contributed by atoms with Gasteiger partial charge in [0.1, 0.15) is 5.58 Å². The van der Waals surface area contributed by atoms with E-state index in [0.717, 1.165) is 30.4 Å². The zero-order chi connectivity index (χ0) is 25.8. The summed E-state index contributed by atoms with van der Waals surface area (Å²) in [6.45, 7) is 8.21. The van der Waals surface area contributed by atoms with Crippen LogP contribution in [0.15, 0.2) is 45.6 Å². The molecule has 7 heteroatoms. The lowest BCUT2D eigenvalue weighted by Gasteiger charge is -2.27. The first-order valence-electron chi connectivity index (χ1n) is 12.8. The van der Waals surface area contributed by atoms with Gasteiger partial charge in [-0.05, 0) is 64.2 Å². The number of unbranched alkanes of at least 4 members (excludes halogenated alkanes) is 2. The van der Waals surface area contributed by atoms with Gasteiger partial charge >= 0.3 is 0 Å². The van der Waals surface area contributed by atoms with Gasteiger partial charge in [0.25, 0.3) is 5.91 Å². The quantitative estimate of drug-likeness (QED) is 0.344. The Balaban J connectivity index is 1.82. The molecule has 0 saturated heterocycles. The predicted octanol–water partition coefficient (Wildman–Crippen LogP) is 5.18. The molecule has 2 heterocycles. The zero-order valence-electron chi connectivity index (χ0n) is 21.9. The Hall–Kier alpha value is -3.32. The van der Waals surface area contributed by atoms with Gasteiger partial charge in [0.2, 0.25) is 5.76 Å². The van der Waals surface area contributed by atoms with Crippen LogP contribution in [0.4, 0.5) is 0 Å². The number of amides is 1. The van der Waals surface area contributed by atoms with E-state index in [0.29, 0.717) is 54.3 Å². The predicted molar refractivity (Wildman–Crippen MR) is 141 cm³/mol. The third-order valence-electron chi connectivity index (χ3n) is 6.50. The van der Waals surface area contributed by atoms with Crippen LogP contribution in [0.2, 0.25) is 0 Å². The second-order valence-corrected chi connectivity index (χ2v) is 9.57. The average molecular weight is 493 g/mol. The van der Waals surface area contributed by atoms with Crippen molar-refractivity contribution in [2.45, 2.75) is 46.1 Å².